The Morgan fingerprint density at radius 3 is 1.91 bits per heavy atom. The molecule has 0 aliphatic rings. The highest BCUT2D eigenvalue weighted by Crippen LogP contribution is 2.19. The molecule has 7 nitrogen and oxygen atoms in total. The standard InChI is InChI=1S/C15H28O7/c1-14(2,7-10-20-8-5-12(16)17)22-11-15(3,4)21-9-6-13(18)19/h5-11H2,1-4H3,(H,16,17)(H,18,19). The van der Waals surface area contributed by atoms with Crippen molar-refractivity contribution in [1.29, 1.82) is 0 Å². The predicted octanol–water partition coefficient (Wildman–Crippen LogP) is 1.93. The molecule has 22 heavy (non-hydrogen) atoms. The summed E-state index contributed by atoms with van der Waals surface area (Å²) in [6.07, 6.45) is 0.577. The molecule has 0 spiro atoms. The third-order valence-corrected chi connectivity index (χ3v) is 2.93. The Labute approximate surface area is 131 Å². The Bertz CT molecular complexity index is 350. The molecule has 0 heterocycles. The first-order valence-corrected chi connectivity index (χ1v) is 7.33. The van der Waals surface area contributed by atoms with Gasteiger partial charge in [0.15, 0.2) is 0 Å². The van der Waals surface area contributed by atoms with Crippen molar-refractivity contribution in [2.24, 2.45) is 0 Å². The fourth-order valence-electron chi connectivity index (χ4n) is 1.48. The molecule has 0 aliphatic carbocycles. The van der Waals surface area contributed by atoms with Gasteiger partial charge in [-0.05, 0) is 34.1 Å². The van der Waals surface area contributed by atoms with Gasteiger partial charge in [-0.15, -0.1) is 0 Å². The zero-order valence-corrected chi connectivity index (χ0v) is 13.9. The SMILES string of the molecule is CC(C)(CCOCCC(=O)O)OCC(C)(C)OCCC(=O)O. The number of hydrogen-bond acceptors (Lipinski definition) is 5. The molecule has 7 heteroatoms. The van der Waals surface area contributed by atoms with Crippen molar-refractivity contribution in [3.05, 3.63) is 0 Å². The van der Waals surface area contributed by atoms with Crippen LogP contribution in [0.15, 0.2) is 0 Å². The van der Waals surface area contributed by atoms with E-state index in [1.54, 1.807) is 0 Å². The third-order valence-electron chi connectivity index (χ3n) is 2.93. The Balaban J connectivity index is 3.93. The Morgan fingerprint density at radius 2 is 1.36 bits per heavy atom. The lowest BCUT2D eigenvalue weighted by Crippen LogP contribution is -2.37. The number of ether oxygens (including phenoxy) is 3. The summed E-state index contributed by atoms with van der Waals surface area (Å²) in [7, 11) is 0. The van der Waals surface area contributed by atoms with Crippen molar-refractivity contribution in [3.63, 3.8) is 0 Å². The van der Waals surface area contributed by atoms with E-state index >= 15 is 0 Å². The maximum absolute atomic E-state index is 10.5. The lowest BCUT2D eigenvalue weighted by Gasteiger charge is -2.32. The van der Waals surface area contributed by atoms with E-state index in [2.05, 4.69) is 0 Å². The minimum Gasteiger partial charge on any atom is -0.481 e. The number of carboxylic acids is 2. The maximum atomic E-state index is 10.5. The molecule has 0 bridgehead atoms. The number of aliphatic carboxylic acids is 2. The topological polar surface area (TPSA) is 102 Å². The second-order valence-electron chi connectivity index (χ2n) is 6.31. The van der Waals surface area contributed by atoms with Gasteiger partial charge in [-0.25, -0.2) is 0 Å². The molecule has 0 aromatic heterocycles. The van der Waals surface area contributed by atoms with Crippen LogP contribution in [0.1, 0.15) is 47.0 Å². The van der Waals surface area contributed by atoms with Gasteiger partial charge in [-0.3, -0.25) is 9.59 Å². The summed E-state index contributed by atoms with van der Waals surface area (Å²) < 4.78 is 16.6. The van der Waals surface area contributed by atoms with Crippen molar-refractivity contribution in [2.45, 2.75) is 58.2 Å². The van der Waals surface area contributed by atoms with Crippen molar-refractivity contribution in [2.75, 3.05) is 26.4 Å². The van der Waals surface area contributed by atoms with Gasteiger partial charge in [0.2, 0.25) is 0 Å². The molecule has 0 atom stereocenters. The van der Waals surface area contributed by atoms with Gasteiger partial charge in [-0.1, -0.05) is 0 Å². The van der Waals surface area contributed by atoms with Gasteiger partial charge < -0.3 is 24.4 Å². The van der Waals surface area contributed by atoms with Gasteiger partial charge in [-0.2, -0.15) is 0 Å². The highest BCUT2D eigenvalue weighted by atomic mass is 16.6. The quantitative estimate of drug-likeness (QED) is 0.500. The van der Waals surface area contributed by atoms with Crippen LogP contribution < -0.4 is 0 Å². The molecule has 0 amide bonds. The summed E-state index contributed by atoms with van der Waals surface area (Å²) in [5.74, 6) is -1.77. The smallest absolute Gasteiger partial charge is 0.305 e. The van der Waals surface area contributed by atoms with Crippen molar-refractivity contribution >= 4 is 11.9 Å². The predicted molar refractivity (Wildman–Crippen MR) is 80.0 cm³/mol. The molecule has 0 aliphatic heterocycles. The van der Waals surface area contributed by atoms with Crippen LogP contribution in [-0.2, 0) is 23.8 Å². The van der Waals surface area contributed by atoms with E-state index in [0.717, 1.165) is 0 Å². The zero-order valence-electron chi connectivity index (χ0n) is 13.9. The summed E-state index contributed by atoms with van der Waals surface area (Å²) in [6.45, 7) is 8.60. The molecular formula is C15H28O7. The maximum Gasteiger partial charge on any atom is 0.305 e. The van der Waals surface area contributed by atoms with Gasteiger partial charge in [0, 0.05) is 6.61 Å². The summed E-state index contributed by atoms with van der Waals surface area (Å²) in [5, 5.41) is 17.1. The number of carboxylic acid groups (broad SMARTS) is 2. The molecule has 0 saturated heterocycles. The van der Waals surface area contributed by atoms with E-state index in [9.17, 15) is 9.59 Å². The van der Waals surface area contributed by atoms with E-state index in [0.29, 0.717) is 19.6 Å². The van der Waals surface area contributed by atoms with Crippen LogP contribution in [0.5, 0.6) is 0 Å². The molecule has 0 fully saturated rings. The van der Waals surface area contributed by atoms with Crippen LogP contribution in [0.2, 0.25) is 0 Å². The largest absolute Gasteiger partial charge is 0.481 e. The molecular weight excluding hydrogens is 292 g/mol. The molecule has 0 radical (unpaired) electrons. The lowest BCUT2D eigenvalue weighted by atomic mass is 10.0. The van der Waals surface area contributed by atoms with Crippen LogP contribution >= 0.6 is 0 Å². The summed E-state index contributed by atoms with van der Waals surface area (Å²) in [5.41, 5.74) is -1.01. The number of hydrogen-bond donors (Lipinski definition) is 2. The Kier molecular flexibility index (Phi) is 9.24. The average molecular weight is 320 g/mol. The molecule has 0 unspecified atom stereocenters. The first-order chi connectivity index (χ1) is 10.0. The highest BCUT2D eigenvalue weighted by molar-refractivity contribution is 5.67. The van der Waals surface area contributed by atoms with Crippen LogP contribution in [0, 0.1) is 0 Å². The monoisotopic (exact) mass is 320 g/mol. The summed E-state index contributed by atoms with van der Waals surface area (Å²) in [4.78, 5) is 20.8. The molecule has 0 rings (SSSR count). The van der Waals surface area contributed by atoms with Gasteiger partial charge in [0.05, 0.1) is 43.9 Å². The highest BCUT2D eigenvalue weighted by Gasteiger charge is 2.25. The van der Waals surface area contributed by atoms with Crippen LogP contribution in [0.4, 0.5) is 0 Å². The van der Waals surface area contributed by atoms with Gasteiger partial charge in [0.1, 0.15) is 0 Å². The van der Waals surface area contributed by atoms with Gasteiger partial charge in [0.25, 0.3) is 0 Å². The molecule has 130 valence electrons. The Hall–Kier alpha value is -1.18. The van der Waals surface area contributed by atoms with Crippen LogP contribution in [0.25, 0.3) is 0 Å². The lowest BCUT2D eigenvalue weighted by molar-refractivity contribution is -0.146. The fourth-order valence-corrected chi connectivity index (χ4v) is 1.48. The molecule has 0 aromatic rings. The van der Waals surface area contributed by atoms with E-state index < -0.39 is 23.1 Å². The molecule has 0 saturated carbocycles. The van der Waals surface area contributed by atoms with Crippen LogP contribution in [0.3, 0.4) is 0 Å². The molecule has 0 aromatic carbocycles. The fraction of sp³-hybridized carbons (Fsp3) is 0.867. The average Bonchev–Trinajstić information content (AvgIpc) is 2.35. The first kappa shape index (κ1) is 20.8. The Morgan fingerprint density at radius 1 is 0.818 bits per heavy atom. The van der Waals surface area contributed by atoms with Crippen molar-refractivity contribution in [1.82, 2.24) is 0 Å². The number of carbonyl (C=O) groups is 2. The zero-order chi connectivity index (χ0) is 17.2. The number of rotatable bonds is 13. The van der Waals surface area contributed by atoms with Gasteiger partial charge >= 0.3 is 11.9 Å². The summed E-state index contributed by atoms with van der Waals surface area (Å²) in [6, 6.07) is 0. The van der Waals surface area contributed by atoms with Crippen LogP contribution in [-0.4, -0.2) is 59.8 Å². The van der Waals surface area contributed by atoms with E-state index in [-0.39, 0.29) is 26.1 Å². The van der Waals surface area contributed by atoms with E-state index in [1.807, 2.05) is 27.7 Å². The van der Waals surface area contributed by atoms with Crippen molar-refractivity contribution in [3.8, 4) is 0 Å². The van der Waals surface area contributed by atoms with E-state index in [1.165, 1.54) is 0 Å². The second-order valence-corrected chi connectivity index (χ2v) is 6.31. The molecule has 2 N–H and O–H groups in total. The second kappa shape index (κ2) is 9.76. The normalized spacial score (nSPS) is 12.4. The third kappa shape index (κ3) is 12.6. The minimum absolute atomic E-state index is 0.00820. The van der Waals surface area contributed by atoms with E-state index in [4.69, 9.17) is 24.4 Å². The minimum atomic E-state index is -0.893. The summed E-state index contributed by atoms with van der Waals surface area (Å²) >= 11 is 0. The van der Waals surface area contributed by atoms with Crippen molar-refractivity contribution < 1.29 is 34.0 Å². The first-order valence-electron chi connectivity index (χ1n) is 7.33.